The second-order valence-electron chi connectivity index (χ2n) is 7.18. The van der Waals surface area contributed by atoms with E-state index in [0.717, 1.165) is 4.57 Å². The molecule has 3 aromatic rings. The van der Waals surface area contributed by atoms with Crippen molar-refractivity contribution in [1.82, 2.24) is 9.55 Å². The fourth-order valence-electron chi connectivity index (χ4n) is 2.67. The number of carbonyl (C=O) groups is 2. The number of esters is 1. The molecule has 0 amide bonds. The lowest BCUT2D eigenvalue weighted by molar-refractivity contribution is 0.00694. The van der Waals surface area contributed by atoms with Crippen molar-refractivity contribution in [3.05, 3.63) is 74.4 Å². The van der Waals surface area contributed by atoms with Gasteiger partial charge in [0, 0.05) is 0 Å². The van der Waals surface area contributed by atoms with Gasteiger partial charge in [0.05, 0.1) is 27.7 Å². The van der Waals surface area contributed by atoms with Gasteiger partial charge in [-0.2, -0.15) is 0 Å². The molecule has 144 valence electrons. The summed E-state index contributed by atoms with van der Waals surface area (Å²) in [7, 11) is 0. The third-order valence-electron chi connectivity index (χ3n) is 3.90. The number of carbonyl (C=O) groups excluding carboxylic acids is 1. The van der Waals surface area contributed by atoms with Gasteiger partial charge in [-0.25, -0.2) is 19.0 Å². The topological polar surface area (TPSA) is 118 Å². The van der Waals surface area contributed by atoms with Crippen molar-refractivity contribution in [3.63, 3.8) is 0 Å². The summed E-state index contributed by atoms with van der Waals surface area (Å²) in [4.78, 5) is 51.0. The molecule has 28 heavy (non-hydrogen) atoms. The van der Waals surface area contributed by atoms with Crippen LogP contribution >= 0.6 is 0 Å². The molecule has 0 saturated carbocycles. The summed E-state index contributed by atoms with van der Waals surface area (Å²) in [6.07, 6.45) is 0. The Bertz CT molecular complexity index is 1200. The van der Waals surface area contributed by atoms with E-state index in [9.17, 15) is 19.2 Å². The maximum absolute atomic E-state index is 12.8. The summed E-state index contributed by atoms with van der Waals surface area (Å²) in [5.74, 6) is -1.68. The quantitative estimate of drug-likeness (QED) is 0.671. The van der Waals surface area contributed by atoms with E-state index >= 15 is 0 Å². The first-order valence-corrected chi connectivity index (χ1v) is 8.43. The summed E-state index contributed by atoms with van der Waals surface area (Å²) in [6, 6.07) is 9.65. The minimum atomic E-state index is -1.11. The van der Waals surface area contributed by atoms with Crippen LogP contribution in [0.2, 0.25) is 0 Å². The molecule has 0 spiro atoms. The Morgan fingerprint density at radius 1 is 1.00 bits per heavy atom. The van der Waals surface area contributed by atoms with Crippen molar-refractivity contribution in [3.8, 4) is 5.69 Å². The lowest BCUT2D eigenvalue weighted by atomic mass is 10.1. The van der Waals surface area contributed by atoms with Crippen molar-refractivity contribution in [2.45, 2.75) is 26.4 Å². The Morgan fingerprint density at radius 2 is 1.61 bits per heavy atom. The molecule has 0 aliphatic rings. The largest absolute Gasteiger partial charge is 0.478 e. The summed E-state index contributed by atoms with van der Waals surface area (Å²) in [5, 5.41) is 9.17. The van der Waals surface area contributed by atoms with Crippen molar-refractivity contribution in [2.75, 3.05) is 0 Å². The molecule has 1 heterocycles. The van der Waals surface area contributed by atoms with Gasteiger partial charge in [0.2, 0.25) is 0 Å². The van der Waals surface area contributed by atoms with E-state index in [1.54, 1.807) is 20.8 Å². The Hall–Kier alpha value is -3.68. The predicted molar refractivity (Wildman–Crippen MR) is 102 cm³/mol. The van der Waals surface area contributed by atoms with Crippen molar-refractivity contribution in [2.24, 2.45) is 0 Å². The normalized spacial score (nSPS) is 11.4. The van der Waals surface area contributed by atoms with Gasteiger partial charge >= 0.3 is 17.6 Å². The number of benzene rings is 2. The maximum Gasteiger partial charge on any atom is 0.338 e. The highest BCUT2D eigenvalue weighted by Crippen LogP contribution is 2.15. The maximum atomic E-state index is 12.8. The molecule has 0 atom stereocenters. The van der Waals surface area contributed by atoms with Crippen LogP contribution in [0.15, 0.2) is 52.1 Å². The SMILES string of the molecule is CC(C)(C)OC(=O)c1ccc2c(=O)n(-c3ccc(C(=O)O)cc3)c(=O)[nH]c2c1. The highest BCUT2D eigenvalue weighted by atomic mass is 16.6. The molecule has 1 aromatic heterocycles. The fourth-order valence-corrected chi connectivity index (χ4v) is 2.67. The molecule has 0 aliphatic heterocycles. The van der Waals surface area contributed by atoms with Crippen LogP contribution in [-0.4, -0.2) is 32.2 Å². The number of carboxylic acids is 1. The van der Waals surface area contributed by atoms with Crippen LogP contribution in [0.25, 0.3) is 16.6 Å². The number of nitrogens with one attached hydrogen (secondary N) is 1. The molecule has 8 nitrogen and oxygen atoms in total. The zero-order chi connectivity index (χ0) is 20.6. The molecule has 0 saturated heterocycles. The standard InChI is InChI=1S/C20H18N2O6/c1-20(2,3)28-18(26)12-6-9-14-15(10-12)21-19(27)22(16(14)23)13-7-4-11(5-8-13)17(24)25/h4-10H,1-3H3,(H,21,27)(H,24,25). The summed E-state index contributed by atoms with van der Waals surface area (Å²) < 4.78 is 6.20. The minimum Gasteiger partial charge on any atom is -0.478 e. The Labute approximate surface area is 159 Å². The third-order valence-corrected chi connectivity index (χ3v) is 3.90. The number of carboxylic acid groups (broad SMARTS) is 1. The molecule has 0 fully saturated rings. The summed E-state index contributed by atoms with van der Waals surface area (Å²) in [6.45, 7) is 5.21. The Morgan fingerprint density at radius 3 is 2.18 bits per heavy atom. The average molecular weight is 382 g/mol. The minimum absolute atomic E-state index is 0.0380. The fraction of sp³-hybridized carbons (Fsp3) is 0.200. The number of ether oxygens (including phenoxy) is 1. The highest BCUT2D eigenvalue weighted by Gasteiger charge is 2.19. The van der Waals surface area contributed by atoms with E-state index < -0.39 is 28.8 Å². The number of fused-ring (bicyclic) bond motifs is 1. The molecule has 0 bridgehead atoms. The molecule has 8 heteroatoms. The van der Waals surface area contributed by atoms with E-state index in [1.807, 2.05) is 0 Å². The highest BCUT2D eigenvalue weighted by molar-refractivity contribution is 5.94. The Kier molecular flexibility index (Phi) is 4.64. The van der Waals surface area contributed by atoms with Gasteiger partial charge < -0.3 is 14.8 Å². The smallest absolute Gasteiger partial charge is 0.338 e. The van der Waals surface area contributed by atoms with Gasteiger partial charge in [-0.05, 0) is 63.2 Å². The third kappa shape index (κ3) is 3.71. The van der Waals surface area contributed by atoms with Gasteiger partial charge in [-0.3, -0.25) is 4.79 Å². The molecular formula is C20H18N2O6. The zero-order valence-corrected chi connectivity index (χ0v) is 15.5. The molecular weight excluding hydrogens is 364 g/mol. The second-order valence-corrected chi connectivity index (χ2v) is 7.18. The number of H-pyrrole nitrogens is 1. The van der Waals surface area contributed by atoms with Crippen LogP contribution in [0, 0.1) is 0 Å². The van der Waals surface area contributed by atoms with Crippen LogP contribution < -0.4 is 11.2 Å². The number of hydrogen-bond acceptors (Lipinski definition) is 5. The van der Waals surface area contributed by atoms with Gasteiger partial charge in [0.25, 0.3) is 5.56 Å². The number of rotatable bonds is 3. The van der Waals surface area contributed by atoms with Crippen molar-refractivity contribution in [1.29, 1.82) is 0 Å². The van der Waals surface area contributed by atoms with E-state index in [1.165, 1.54) is 42.5 Å². The molecule has 0 aliphatic carbocycles. The predicted octanol–water partition coefficient (Wildman–Crippen LogP) is 2.33. The van der Waals surface area contributed by atoms with E-state index in [2.05, 4.69) is 4.98 Å². The summed E-state index contributed by atoms with van der Waals surface area (Å²) >= 11 is 0. The second kappa shape index (κ2) is 6.80. The van der Waals surface area contributed by atoms with Crippen LogP contribution in [0.4, 0.5) is 0 Å². The number of aromatic carboxylic acids is 1. The first kappa shape index (κ1) is 19.1. The van der Waals surface area contributed by atoms with E-state index in [-0.39, 0.29) is 27.7 Å². The molecule has 0 radical (unpaired) electrons. The number of hydrogen-bond donors (Lipinski definition) is 2. The van der Waals surface area contributed by atoms with Gasteiger partial charge in [-0.1, -0.05) is 0 Å². The number of aromatic amines is 1. The van der Waals surface area contributed by atoms with E-state index in [4.69, 9.17) is 9.84 Å². The summed E-state index contributed by atoms with van der Waals surface area (Å²) in [5.41, 5.74) is -1.28. The van der Waals surface area contributed by atoms with Gasteiger partial charge in [0.15, 0.2) is 0 Å². The van der Waals surface area contributed by atoms with Crippen molar-refractivity contribution < 1.29 is 19.4 Å². The number of aromatic nitrogens is 2. The Balaban J connectivity index is 2.10. The first-order valence-electron chi connectivity index (χ1n) is 8.43. The zero-order valence-electron chi connectivity index (χ0n) is 15.5. The monoisotopic (exact) mass is 382 g/mol. The lowest BCUT2D eigenvalue weighted by Gasteiger charge is -2.19. The molecule has 0 unspecified atom stereocenters. The molecule has 3 rings (SSSR count). The van der Waals surface area contributed by atoms with Crippen LogP contribution in [0.3, 0.4) is 0 Å². The lowest BCUT2D eigenvalue weighted by Crippen LogP contribution is -2.33. The van der Waals surface area contributed by atoms with Crippen LogP contribution in [0.1, 0.15) is 41.5 Å². The number of nitrogens with zero attached hydrogens (tertiary/aromatic N) is 1. The van der Waals surface area contributed by atoms with Crippen LogP contribution in [0.5, 0.6) is 0 Å². The van der Waals surface area contributed by atoms with Crippen molar-refractivity contribution >= 4 is 22.8 Å². The first-order chi connectivity index (χ1) is 13.1. The molecule has 2 N–H and O–H groups in total. The van der Waals surface area contributed by atoms with Gasteiger partial charge in [-0.15, -0.1) is 0 Å². The van der Waals surface area contributed by atoms with Gasteiger partial charge in [0.1, 0.15) is 5.60 Å². The molecule has 2 aromatic carbocycles. The average Bonchev–Trinajstić information content (AvgIpc) is 2.60. The van der Waals surface area contributed by atoms with E-state index in [0.29, 0.717) is 0 Å². The van der Waals surface area contributed by atoms with Crippen LogP contribution in [-0.2, 0) is 4.74 Å².